The summed E-state index contributed by atoms with van der Waals surface area (Å²) in [6, 6.07) is 14.1. The maximum absolute atomic E-state index is 14.1. The third kappa shape index (κ3) is 3.48. The van der Waals surface area contributed by atoms with E-state index in [1.54, 1.807) is 24.3 Å². The van der Waals surface area contributed by atoms with Gasteiger partial charge in [-0.3, -0.25) is 4.79 Å². The molecule has 0 atom stereocenters. The Morgan fingerprint density at radius 2 is 1.23 bits per heavy atom. The van der Waals surface area contributed by atoms with Crippen molar-refractivity contribution in [3.63, 3.8) is 0 Å². The summed E-state index contributed by atoms with van der Waals surface area (Å²) >= 11 is 0. The van der Waals surface area contributed by atoms with Crippen LogP contribution >= 0.6 is 0 Å². The molecule has 2 aromatic rings. The van der Waals surface area contributed by atoms with Crippen molar-refractivity contribution < 1.29 is 13.6 Å². The summed E-state index contributed by atoms with van der Waals surface area (Å²) in [5.41, 5.74) is -0.179. The summed E-state index contributed by atoms with van der Waals surface area (Å²) in [6.45, 7) is 0. The predicted octanol–water partition coefficient (Wildman–Crippen LogP) is 4.10. The van der Waals surface area contributed by atoms with Crippen molar-refractivity contribution in [1.82, 2.24) is 0 Å². The summed E-state index contributed by atoms with van der Waals surface area (Å²) in [4.78, 5) is 12.7. The molecule has 0 saturated carbocycles. The van der Waals surface area contributed by atoms with Crippen LogP contribution in [0.25, 0.3) is 11.1 Å². The number of ketones is 1. The molecule has 140 valence electrons. The Kier molecular flexibility index (Phi) is 5.33. The summed E-state index contributed by atoms with van der Waals surface area (Å²) in [6.07, 6.45) is 2.38. The Hall–Kier alpha value is -4.85. The SMILES string of the molecule is N#CC(C#N)=C1C=C(c2ccc(C#N)c(F)c2)C(=O)C=C1c1ccc(C#N)c(F)c1. The van der Waals surface area contributed by atoms with Gasteiger partial charge in [0, 0.05) is 11.1 Å². The molecule has 5 nitrogen and oxygen atoms in total. The molecule has 0 fully saturated rings. The van der Waals surface area contributed by atoms with Gasteiger partial charge in [0.25, 0.3) is 0 Å². The highest BCUT2D eigenvalue weighted by molar-refractivity contribution is 6.31. The molecule has 1 aliphatic rings. The normalized spacial score (nSPS) is 12.6. The minimum absolute atomic E-state index is 0.00857. The van der Waals surface area contributed by atoms with Crippen LogP contribution in [0.3, 0.4) is 0 Å². The van der Waals surface area contributed by atoms with Crippen LogP contribution in [0.4, 0.5) is 8.78 Å². The van der Waals surface area contributed by atoms with E-state index in [1.165, 1.54) is 30.3 Å². The maximum Gasteiger partial charge on any atom is 0.187 e. The van der Waals surface area contributed by atoms with Gasteiger partial charge in [-0.25, -0.2) is 8.78 Å². The number of rotatable bonds is 2. The van der Waals surface area contributed by atoms with E-state index >= 15 is 0 Å². The number of nitriles is 4. The largest absolute Gasteiger partial charge is 0.289 e. The van der Waals surface area contributed by atoms with Gasteiger partial charge in [0.1, 0.15) is 41.5 Å². The first-order chi connectivity index (χ1) is 14.4. The number of hydrogen-bond acceptors (Lipinski definition) is 5. The van der Waals surface area contributed by atoms with E-state index in [1.807, 2.05) is 0 Å². The summed E-state index contributed by atoms with van der Waals surface area (Å²) < 4.78 is 28.1. The van der Waals surface area contributed by atoms with Gasteiger partial charge in [-0.05, 0) is 53.1 Å². The number of allylic oxidation sites excluding steroid dienone is 6. The molecular formula is C23H8F2N4O. The van der Waals surface area contributed by atoms with Crippen molar-refractivity contribution in [2.75, 3.05) is 0 Å². The predicted molar refractivity (Wildman–Crippen MR) is 101 cm³/mol. The summed E-state index contributed by atoms with van der Waals surface area (Å²) in [5.74, 6) is -2.20. The molecule has 2 aromatic carbocycles. The number of carbonyl (C=O) groups is 1. The van der Waals surface area contributed by atoms with Gasteiger partial charge >= 0.3 is 0 Å². The van der Waals surface area contributed by atoms with Crippen molar-refractivity contribution >= 4 is 16.9 Å². The van der Waals surface area contributed by atoms with Crippen molar-refractivity contribution in [2.45, 2.75) is 0 Å². The molecule has 0 aliphatic heterocycles. The van der Waals surface area contributed by atoms with Crippen LogP contribution in [0, 0.1) is 57.0 Å². The smallest absolute Gasteiger partial charge is 0.187 e. The molecule has 0 spiro atoms. The van der Waals surface area contributed by atoms with Gasteiger partial charge in [-0.2, -0.15) is 21.0 Å². The summed E-state index contributed by atoms with van der Waals surface area (Å²) in [7, 11) is 0. The molecule has 30 heavy (non-hydrogen) atoms. The van der Waals surface area contributed by atoms with Crippen LogP contribution in [-0.4, -0.2) is 5.78 Å². The molecule has 0 N–H and O–H groups in total. The van der Waals surface area contributed by atoms with Gasteiger partial charge in [-0.1, -0.05) is 12.1 Å². The van der Waals surface area contributed by atoms with E-state index in [0.29, 0.717) is 0 Å². The van der Waals surface area contributed by atoms with Gasteiger partial charge in [0.15, 0.2) is 5.78 Å². The quantitative estimate of drug-likeness (QED) is 0.712. The third-order valence-corrected chi connectivity index (χ3v) is 4.41. The first-order valence-corrected chi connectivity index (χ1v) is 8.36. The molecule has 0 heterocycles. The van der Waals surface area contributed by atoms with E-state index in [4.69, 9.17) is 10.5 Å². The highest BCUT2D eigenvalue weighted by atomic mass is 19.1. The topological polar surface area (TPSA) is 112 Å². The molecule has 7 heteroatoms. The molecule has 0 amide bonds. The Labute approximate surface area is 169 Å². The highest BCUT2D eigenvalue weighted by Crippen LogP contribution is 2.35. The Bertz CT molecular complexity index is 1350. The minimum atomic E-state index is -0.820. The zero-order valence-corrected chi connectivity index (χ0v) is 15.1. The zero-order chi connectivity index (χ0) is 21.8. The maximum atomic E-state index is 14.1. The fourth-order valence-electron chi connectivity index (χ4n) is 2.94. The third-order valence-electron chi connectivity index (χ3n) is 4.41. The lowest BCUT2D eigenvalue weighted by atomic mass is 9.84. The van der Waals surface area contributed by atoms with Crippen LogP contribution in [-0.2, 0) is 4.79 Å². The molecule has 0 unspecified atom stereocenters. The number of halogens is 2. The van der Waals surface area contributed by atoms with Crippen molar-refractivity contribution in [2.24, 2.45) is 0 Å². The van der Waals surface area contributed by atoms with Crippen LogP contribution in [0.15, 0.2) is 59.7 Å². The Morgan fingerprint density at radius 1 is 0.733 bits per heavy atom. The van der Waals surface area contributed by atoms with Gasteiger partial charge in [0.2, 0.25) is 0 Å². The van der Waals surface area contributed by atoms with Crippen LogP contribution in [0.2, 0.25) is 0 Å². The molecule has 0 aromatic heterocycles. The lowest BCUT2D eigenvalue weighted by Crippen LogP contribution is -2.08. The lowest BCUT2D eigenvalue weighted by Gasteiger charge is -2.17. The molecular weight excluding hydrogens is 386 g/mol. The van der Waals surface area contributed by atoms with Crippen LogP contribution in [0.1, 0.15) is 22.3 Å². The number of nitrogens with zero attached hydrogens (tertiary/aromatic N) is 4. The van der Waals surface area contributed by atoms with Crippen molar-refractivity contribution in [1.29, 1.82) is 21.0 Å². The van der Waals surface area contributed by atoms with E-state index in [-0.39, 0.29) is 44.5 Å². The minimum Gasteiger partial charge on any atom is -0.289 e. The van der Waals surface area contributed by atoms with E-state index < -0.39 is 17.4 Å². The number of hydrogen-bond donors (Lipinski definition) is 0. The van der Waals surface area contributed by atoms with Gasteiger partial charge in [0.05, 0.1) is 11.1 Å². The highest BCUT2D eigenvalue weighted by Gasteiger charge is 2.24. The second kappa shape index (κ2) is 8.03. The molecule has 0 bridgehead atoms. The van der Waals surface area contributed by atoms with Crippen LogP contribution < -0.4 is 0 Å². The first kappa shape index (κ1) is 19.9. The average molecular weight is 394 g/mol. The van der Waals surface area contributed by atoms with Crippen molar-refractivity contribution in [3.8, 4) is 24.3 Å². The fraction of sp³-hybridized carbons (Fsp3) is 0. The molecule has 1 aliphatic carbocycles. The number of benzene rings is 2. The second-order valence-electron chi connectivity index (χ2n) is 6.11. The standard InChI is InChI=1S/C23H8F2N4O/c24-21-5-13(1-3-15(21)9-26)19-8-23(30)20(7-18(19)17(11-28)12-29)14-2-4-16(10-27)22(25)6-14/h1-8H. The first-order valence-electron chi connectivity index (χ1n) is 8.36. The molecule has 0 saturated heterocycles. The lowest BCUT2D eigenvalue weighted by molar-refractivity contribution is -0.109. The van der Waals surface area contributed by atoms with Crippen molar-refractivity contribution in [3.05, 3.63) is 93.6 Å². The average Bonchev–Trinajstić information content (AvgIpc) is 2.75. The van der Waals surface area contributed by atoms with Gasteiger partial charge in [-0.15, -0.1) is 0 Å². The number of carbonyl (C=O) groups excluding carboxylic acids is 1. The van der Waals surface area contributed by atoms with E-state index in [2.05, 4.69) is 0 Å². The molecule has 0 radical (unpaired) electrons. The summed E-state index contributed by atoms with van der Waals surface area (Å²) in [5, 5.41) is 36.4. The van der Waals surface area contributed by atoms with E-state index in [9.17, 15) is 24.1 Å². The second-order valence-corrected chi connectivity index (χ2v) is 6.11. The zero-order valence-electron chi connectivity index (χ0n) is 15.1. The molecule has 3 rings (SSSR count). The van der Waals surface area contributed by atoms with E-state index in [0.717, 1.165) is 18.2 Å². The Balaban J connectivity index is 2.21. The Morgan fingerprint density at radius 3 is 1.67 bits per heavy atom. The van der Waals surface area contributed by atoms with Gasteiger partial charge < -0.3 is 0 Å². The van der Waals surface area contributed by atoms with Crippen LogP contribution in [0.5, 0.6) is 0 Å². The fourth-order valence-corrected chi connectivity index (χ4v) is 2.94. The monoisotopic (exact) mass is 394 g/mol.